The normalized spacial score (nSPS) is 10.8. The van der Waals surface area contributed by atoms with Gasteiger partial charge < -0.3 is 4.90 Å². The molecule has 0 saturated carbocycles. The molecule has 0 unspecified atom stereocenters. The zero-order chi connectivity index (χ0) is 13.2. The minimum absolute atomic E-state index is 0.102. The first-order valence-corrected chi connectivity index (χ1v) is 5.85. The second kappa shape index (κ2) is 5.30. The van der Waals surface area contributed by atoms with E-state index in [9.17, 15) is 9.18 Å². The van der Waals surface area contributed by atoms with Crippen LogP contribution in [0.15, 0.2) is 12.1 Å². The van der Waals surface area contributed by atoms with E-state index in [0.717, 1.165) is 12.2 Å². The van der Waals surface area contributed by atoms with E-state index in [2.05, 4.69) is 13.8 Å². The predicted octanol–water partition coefficient (Wildman–Crippen LogP) is 3.43. The van der Waals surface area contributed by atoms with Gasteiger partial charge in [-0.25, -0.2) is 4.39 Å². The molecule has 1 aromatic carbocycles. The van der Waals surface area contributed by atoms with Gasteiger partial charge in [-0.1, -0.05) is 13.8 Å². The maximum absolute atomic E-state index is 13.5. The Kier molecular flexibility index (Phi) is 4.27. The summed E-state index contributed by atoms with van der Waals surface area (Å²) in [6.07, 6.45) is 0. The molecule has 0 spiro atoms. The van der Waals surface area contributed by atoms with Crippen molar-refractivity contribution in [2.75, 3.05) is 18.5 Å². The largest absolute Gasteiger partial charge is 0.374 e. The monoisotopic (exact) mass is 237 g/mol. The van der Waals surface area contributed by atoms with Gasteiger partial charge in [-0.3, -0.25) is 4.79 Å². The SMILES string of the molecule is CC(=O)c1cc(F)c(C)cc1N(C)CC(C)C. The van der Waals surface area contributed by atoms with E-state index in [1.54, 1.807) is 13.0 Å². The summed E-state index contributed by atoms with van der Waals surface area (Å²) < 4.78 is 13.5. The number of carbonyl (C=O) groups is 1. The predicted molar refractivity (Wildman–Crippen MR) is 69.2 cm³/mol. The standard InChI is InChI=1S/C14H20FNO/c1-9(2)8-16(5)14-6-10(3)13(15)7-12(14)11(4)17/h6-7,9H,8H2,1-5H3. The Hall–Kier alpha value is -1.38. The topological polar surface area (TPSA) is 20.3 Å². The zero-order valence-electron chi connectivity index (χ0n) is 11.2. The Bertz CT molecular complexity index is 426. The number of Topliss-reactive ketones (excluding diaryl/α,β-unsaturated/α-hetero) is 1. The van der Waals surface area contributed by atoms with E-state index < -0.39 is 0 Å². The van der Waals surface area contributed by atoms with Crippen LogP contribution in [-0.4, -0.2) is 19.4 Å². The van der Waals surface area contributed by atoms with Gasteiger partial charge >= 0.3 is 0 Å². The number of benzene rings is 1. The Labute approximate surface area is 102 Å². The molecule has 0 aliphatic carbocycles. The van der Waals surface area contributed by atoms with E-state index in [-0.39, 0.29) is 11.6 Å². The minimum atomic E-state index is -0.322. The number of hydrogen-bond acceptors (Lipinski definition) is 2. The smallest absolute Gasteiger partial charge is 0.161 e. The van der Waals surface area contributed by atoms with Crippen LogP contribution in [0.4, 0.5) is 10.1 Å². The molecule has 3 heteroatoms. The van der Waals surface area contributed by atoms with Crippen molar-refractivity contribution in [2.24, 2.45) is 5.92 Å². The van der Waals surface area contributed by atoms with Gasteiger partial charge in [0.05, 0.1) is 0 Å². The summed E-state index contributed by atoms with van der Waals surface area (Å²) in [7, 11) is 1.93. The minimum Gasteiger partial charge on any atom is -0.374 e. The van der Waals surface area contributed by atoms with Crippen LogP contribution in [-0.2, 0) is 0 Å². The molecule has 1 aromatic rings. The number of carbonyl (C=O) groups excluding carboxylic acids is 1. The number of rotatable bonds is 4. The second-order valence-corrected chi connectivity index (χ2v) is 4.95. The molecule has 2 nitrogen and oxygen atoms in total. The number of ketones is 1. The molecule has 17 heavy (non-hydrogen) atoms. The van der Waals surface area contributed by atoms with Crippen molar-refractivity contribution in [3.05, 3.63) is 29.1 Å². The van der Waals surface area contributed by atoms with Crippen LogP contribution < -0.4 is 4.90 Å². The van der Waals surface area contributed by atoms with Crippen LogP contribution in [0.25, 0.3) is 0 Å². The number of anilines is 1. The lowest BCUT2D eigenvalue weighted by atomic mass is 10.0. The molecule has 0 atom stereocenters. The van der Waals surface area contributed by atoms with Crippen molar-refractivity contribution in [2.45, 2.75) is 27.7 Å². The van der Waals surface area contributed by atoms with Gasteiger partial charge in [0.15, 0.2) is 5.78 Å². The Morgan fingerprint density at radius 2 is 2.00 bits per heavy atom. The lowest BCUT2D eigenvalue weighted by Crippen LogP contribution is -2.24. The maximum Gasteiger partial charge on any atom is 0.161 e. The average Bonchev–Trinajstić information content (AvgIpc) is 2.19. The van der Waals surface area contributed by atoms with Crippen LogP contribution in [0, 0.1) is 18.7 Å². The molecule has 0 fully saturated rings. The fourth-order valence-corrected chi connectivity index (χ4v) is 1.91. The molecule has 0 amide bonds. The maximum atomic E-state index is 13.5. The molecule has 0 bridgehead atoms. The lowest BCUT2D eigenvalue weighted by molar-refractivity contribution is 0.101. The van der Waals surface area contributed by atoms with Crippen LogP contribution in [0.2, 0.25) is 0 Å². The van der Waals surface area contributed by atoms with Crippen molar-refractivity contribution in [3.8, 4) is 0 Å². The average molecular weight is 237 g/mol. The number of hydrogen-bond donors (Lipinski definition) is 0. The summed E-state index contributed by atoms with van der Waals surface area (Å²) >= 11 is 0. The molecular formula is C14H20FNO. The molecule has 0 aliphatic heterocycles. The van der Waals surface area contributed by atoms with E-state index in [4.69, 9.17) is 0 Å². The molecule has 0 N–H and O–H groups in total. The number of nitrogens with zero attached hydrogens (tertiary/aromatic N) is 1. The van der Waals surface area contributed by atoms with Crippen molar-refractivity contribution in [3.63, 3.8) is 0 Å². The number of halogens is 1. The van der Waals surface area contributed by atoms with Gasteiger partial charge in [0.2, 0.25) is 0 Å². The first-order valence-electron chi connectivity index (χ1n) is 5.85. The quantitative estimate of drug-likeness (QED) is 0.748. The van der Waals surface area contributed by atoms with E-state index in [1.165, 1.54) is 13.0 Å². The summed E-state index contributed by atoms with van der Waals surface area (Å²) in [6.45, 7) is 8.24. The Morgan fingerprint density at radius 3 is 2.47 bits per heavy atom. The first kappa shape index (κ1) is 13.7. The van der Waals surface area contributed by atoms with Crippen molar-refractivity contribution in [1.29, 1.82) is 0 Å². The van der Waals surface area contributed by atoms with Crippen LogP contribution >= 0.6 is 0 Å². The van der Waals surface area contributed by atoms with Gasteiger partial charge in [-0.2, -0.15) is 0 Å². The highest BCUT2D eigenvalue weighted by atomic mass is 19.1. The third-order valence-corrected chi connectivity index (χ3v) is 2.71. The summed E-state index contributed by atoms with van der Waals surface area (Å²) in [5.41, 5.74) is 1.84. The highest BCUT2D eigenvalue weighted by molar-refractivity contribution is 5.99. The molecular weight excluding hydrogens is 217 g/mol. The first-order chi connectivity index (χ1) is 7.82. The van der Waals surface area contributed by atoms with Gasteiger partial charge in [-0.05, 0) is 37.5 Å². The van der Waals surface area contributed by atoms with Crippen molar-refractivity contribution < 1.29 is 9.18 Å². The van der Waals surface area contributed by atoms with Gasteiger partial charge in [-0.15, -0.1) is 0 Å². The van der Waals surface area contributed by atoms with Gasteiger partial charge in [0, 0.05) is 24.8 Å². The molecule has 0 saturated heterocycles. The summed E-state index contributed by atoms with van der Waals surface area (Å²) in [4.78, 5) is 13.5. The van der Waals surface area contributed by atoms with Crippen LogP contribution in [0.1, 0.15) is 36.7 Å². The second-order valence-electron chi connectivity index (χ2n) is 4.95. The van der Waals surface area contributed by atoms with E-state index >= 15 is 0 Å². The molecule has 0 aliphatic rings. The fraction of sp³-hybridized carbons (Fsp3) is 0.500. The van der Waals surface area contributed by atoms with E-state index in [1.807, 2.05) is 11.9 Å². The molecule has 1 rings (SSSR count). The molecule has 0 radical (unpaired) electrons. The molecule has 0 aromatic heterocycles. The lowest BCUT2D eigenvalue weighted by Gasteiger charge is -2.24. The Morgan fingerprint density at radius 1 is 1.41 bits per heavy atom. The summed E-state index contributed by atoms with van der Waals surface area (Å²) in [6, 6.07) is 3.08. The van der Waals surface area contributed by atoms with Crippen LogP contribution in [0.3, 0.4) is 0 Å². The van der Waals surface area contributed by atoms with Crippen LogP contribution in [0.5, 0.6) is 0 Å². The highest BCUT2D eigenvalue weighted by Gasteiger charge is 2.15. The Balaban J connectivity index is 3.20. The van der Waals surface area contributed by atoms with Crippen molar-refractivity contribution in [1.82, 2.24) is 0 Å². The van der Waals surface area contributed by atoms with Gasteiger partial charge in [0.1, 0.15) is 5.82 Å². The number of aryl methyl sites for hydroxylation is 1. The highest BCUT2D eigenvalue weighted by Crippen LogP contribution is 2.24. The summed E-state index contributed by atoms with van der Waals surface area (Å²) in [5, 5.41) is 0. The molecule has 94 valence electrons. The third kappa shape index (κ3) is 3.29. The van der Waals surface area contributed by atoms with Crippen molar-refractivity contribution >= 4 is 11.5 Å². The zero-order valence-corrected chi connectivity index (χ0v) is 11.2. The fourth-order valence-electron chi connectivity index (χ4n) is 1.91. The van der Waals surface area contributed by atoms with E-state index in [0.29, 0.717) is 17.0 Å². The third-order valence-electron chi connectivity index (χ3n) is 2.71. The summed E-state index contributed by atoms with van der Waals surface area (Å²) in [5.74, 6) is 0.0663. The molecule has 0 heterocycles. The van der Waals surface area contributed by atoms with Gasteiger partial charge in [0.25, 0.3) is 0 Å².